The summed E-state index contributed by atoms with van der Waals surface area (Å²) in [7, 11) is 0. The van der Waals surface area contributed by atoms with Crippen molar-refractivity contribution in [3.63, 3.8) is 0 Å². The zero-order chi connectivity index (χ0) is 8.97. The molecule has 0 bridgehead atoms. The maximum Gasteiger partial charge on any atom is 0.0590 e. The summed E-state index contributed by atoms with van der Waals surface area (Å²) in [5.41, 5.74) is 0.965. The molecule has 0 amide bonds. The van der Waals surface area contributed by atoms with Crippen LogP contribution in [-0.4, -0.2) is 11.5 Å². The summed E-state index contributed by atoms with van der Waals surface area (Å²) in [5, 5.41) is 3.68. The van der Waals surface area contributed by atoms with Crippen LogP contribution in [0.5, 0.6) is 0 Å². The number of aromatic nitrogens is 1. The van der Waals surface area contributed by atoms with Gasteiger partial charge in [-0.2, -0.15) is 0 Å². The molecule has 0 spiro atoms. The van der Waals surface area contributed by atoms with Crippen molar-refractivity contribution in [1.82, 2.24) is 4.98 Å². The van der Waals surface area contributed by atoms with Crippen molar-refractivity contribution in [2.24, 2.45) is 0 Å². The molecule has 12 heavy (non-hydrogen) atoms. The number of rotatable bonds is 3. The SMILES string of the molecule is C=C(Cl)CNc1ccncc1Br. The van der Waals surface area contributed by atoms with E-state index < -0.39 is 0 Å². The first kappa shape index (κ1) is 9.55. The first-order valence-corrected chi connectivity index (χ1v) is 4.54. The van der Waals surface area contributed by atoms with Crippen molar-refractivity contribution >= 4 is 33.2 Å². The Morgan fingerprint density at radius 3 is 3.08 bits per heavy atom. The minimum Gasteiger partial charge on any atom is -0.379 e. The highest BCUT2D eigenvalue weighted by molar-refractivity contribution is 9.10. The molecule has 0 atom stereocenters. The van der Waals surface area contributed by atoms with E-state index in [0.717, 1.165) is 10.2 Å². The summed E-state index contributed by atoms with van der Waals surface area (Å²) in [6, 6.07) is 1.86. The molecule has 0 aromatic carbocycles. The van der Waals surface area contributed by atoms with E-state index in [1.54, 1.807) is 12.4 Å². The molecule has 4 heteroatoms. The van der Waals surface area contributed by atoms with Crippen LogP contribution in [0.4, 0.5) is 5.69 Å². The lowest BCUT2D eigenvalue weighted by molar-refractivity contribution is 1.25. The van der Waals surface area contributed by atoms with Crippen LogP contribution in [0.1, 0.15) is 0 Å². The van der Waals surface area contributed by atoms with Crippen LogP contribution < -0.4 is 5.32 Å². The Labute approximate surface area is 84.8 Å². The molecule has 2 nitrogen and oxygen atoms in total. The molecule has 1 heterocycles. The fraction of sp³-hybridized carbons (Fsp3) is 0.125. The molecule has 0 saturated heterocycles. The molecule has 1 aromatic rings. The van der Waals surface area contributed by atoms with Gasteiger partial charge in [0, 0.05) is 17.4 Å². The predicted molar refractivity (Wildman–Crippen MR) is 55.4 cm³/mol. The quantitative estimate of drug-likeness (QED) is 0.888. The Bertz CT molecular complexity index is 288. The third-order valence-corrected chi connectivity index (χ3v) is 2.01. The third-order valence-electron chi connectivity index (χ3n) is 1.24. The van der Waals surface area contributed by atoms with Gasteiger partial charge < -0.3 is 5.32 Å². The van der Waals surface area contributed by atoms with Gasteiger partial charge in [-0.15, -0.1) is 0 Å². The Kier molecular flexibility index (Phi) is 3.56. The number of nitrogens with zero attached hydrogens (tertiary/aromatic N) is 1. The van der Waals surface area contributed by atoms with E-state index in [4.69, 9.17) is 11.6 Å². The highest BCUT2D eigenvalue weighted by Gasteiger charge is 1.96. The van der Waals surface area contributed by atoms with Crippen LogP contribution >= 0.6 is 27.5 Å². The van der Waals surface area contributed by atoms with Crippen LogP contribution in [0.25, 0.3) is 0 Å². The van der Waals surface area contributed by atoms with Gasteiger partial charge >= 0.3 is 0 Å². The monoisotopic (exact) mass is 246 g/mol. The minimum atomic E-state index is 0.560. The number of hydrogen-bond donors (Lipinski definition) is 1. The number of anilines is 1. The van der Waals surface area contributed by atoms with Crippen molar-refractivity contribution in [3.8, 4) is 0 Å². The number of pyridine rings is 1. The van der Waals surface area contributed by atoms with E-state index in [1.807, 2.05) is 6.07 Å². The number of halogens is 2. The maximum absolute atomic E-state index is 5.59. The van der Waals surface area contributed by atoms with Gasteiger partial charge in [0.25, 0.3) is 0 Å². The summed E-state index contributed by atoms with van der Waals surface area (Å²) in [6.45, 7) is 4.13. The fourth-order valence-electron chi connectivity index (χ4n) is 0.710. The van der Waals surface area contributed by atoms with Crippen molar-refractivity contribution in [3.05, 3.63) is 34.5 Å². The highest BCUT2D eigenvalue weighted by Crippen LogP contribution is 2.20. The predicted octanol–water partition coefficient (Wildman–Crippen LogP) is 3.01. The zero-order valence-electron chi connectivity index (χ0n) is 6.35. The van der Waals surface area contributed by atoms with E-state index >= 15 is 0 Å². The lowest BCUT2D eigenvalue weighted by Gasteiger charge is -2.05. The van der Waals surface area contributed by atoms with Crippen molar-refractivity contribution < 1.29 is 0 Å². The molecule has 1 rings (SSSR count). The lowest BCUT2D eigenvalue weighted by Crippen LogP contribution is -2.01. The smallest absolute Gasteiger partial charge is 0.0590 e. The first-order valence-electron chi connectivity index (χ1n) is 3.37. The van der Waals surface area contributed by atoms with Crippen LogP contribution in [0.15, 0.2) is 34.5 Å². The molecule has 0 saturated carbocycles. The minimum absolute atomic E-state index is 0.560. The first-order chi connectivity index (χ1) is 5.70. The molecule has 1 N–H and O–H groups in total. The largest absolute Gasteiger partial charge is 0.379 e. The van der Waals surface area contributed by atoms with E-state index in [1.165, 1.54) is 0 Å². The molecule has 0 fully saturated rings. The zero-order valence-corrected chi connectivity index (χ0v) is 8.69. The fourth-order valence-corrected chi connectivity index (χ4v) is 1.17. The Morgan fingerprint density at radius 2 is 2.50 bits per heavy atom. The van der Waals surface area contributed by atoms with Gasteiger partial charge in [0.05, 0.1) is 16.7 Å². The molecular formula is C8H8BrClN2. The highest BCUT2D eigenvalue weighted by atomic mass is 79.9. The van der Waals surface area contributed by atoms with E-state index in [9.17, 15) is 0 Å². The second kappa shape index (κ2) is 4.48. The third kappa shape index (κ3) is 2.83. The maximum atomic E-state index is 5.59. The molecule has 0 aliphatic heterocycles. The van der Waals surface area contributed by atoms with Gasteiger partial charge in [-0.25, -0.2) is 0 Å². The molecule has 0 unspecified atom stereocenters. The average Bonchev–Trinajstić information content (AvgIpc) is 2.03. The average molecular weight is 248 g/mol. The summed E-state index contributed by atoms with van der Waals surface area (Å²) < 4.78 is 0.919. The molecule has 64 valence electrons. The Balaban J connectivity index is 2.63. The Hall–Kier alpha value is -0.540. The van der Waals surface area contributed by atoms with Crippen LogP contribution in [0.2, 0.25) is 0 Å². The van der Waals surface area contributed by atoms with E-state index in [-0.39, 0.29) is 0 Å². The van der Waals surface area contributed by atoms with Gasteiger partial charge in [-0.3, -0.25) is 4.98 Å². The lowest BCUT2D eigenvalue weighted by atomic mass is 10.4. The summed E-state index contributed by atoms with van der Waals surface area (Å²) in [6.07, 6.45) is 3.43. The summed E-state index contributed by atoms with van der Waals surface area (Å²) >= 11 is 8.94. The van der Waals surface area contributed by atoms with Gasteiger partial charge in [0.15, 0.2) is 0 Å². The van der Waals surface area contributed by atoms with Crippen molar-refractivity contribution in [2.75, 3.05) is 11.9 Å². The van der Waals surface area contributed by atoms with Crippen LogP contribution in [0.3, 0.4) is 0 Å². The molecule has 0 aliphatic carbocycles. The van der Waals surface area contributed by atoms with Gasteiger partial charge in [0.1, 0.15) is 0 Å². The van der Waals surface area contributed by atoms with E-state index in [0.29, 0.717) is 11.6 Å². The number of hydrogen-bond acceptors (Lipinski definition) is 2. The van der Waals surface area contributed by atoms with Crippen LogP contribution in [0, 0.1) is 0 Å². The van der Waals surface area contributed by atoms with Crippen molar-refractivity contribution in [1.29, 1.82) is 0 Å². The van der Waals surface area contributed by atoms with Gasteiger partial charge in [-0.1, -0.05) is 18.2 Å². The summed E-state index contributed by atoms with van der Waals surface area (Å²) in [4.78, 5) is 3.93. The second-order valence-corrected chi connectivity index (χ2v) is 3.62. The topological polar surface area (TPSA) is 24.9 Å². The molecule has 0 radical (unpaired) electrons. The summed E-state index contributed by atoms with van der Waals surface area (Å²) in [5.74, 6) is 0. The van der Waals surface area contributed by atoms with E-state index in [2.05, 4.69) is 32.8 Å². The molecular weight excluding hydrogens is 239 g/mol. The Morgan fingerprint density at radius 1 is 1.75 bits per heavy atom. The standard InChI is InChI=1S/C8H8BrClN2/c1-6(10)4-12-8-2-3-11-5-7(8)9/h2-3,5H,1,4H2,(H,11,12). The van der Waals surface area contributed by atoms with Gasteiger partial charge in [0.2, 0.25) is 0 Å². The number of nitrogens with one attached hydrogen (secondary N) is 1. The second-order valence-electron chi connectivity index (χ2n) is 2.23. The molecule has 0 aliphatic rings. The van der Waals surface area contributed by atoms with Gasteiger partial charge in [-0.05, 0) is 22.0 Å². The van der Waals surface area contributed by atoms with Crippen molar-refractivity contribution in [2.45, 2.75) is 0 Å². The molecule has 1 aromatic heterocycles. The van der Waals surface area contributed by atoms with Crippen LogP contribution in [-0.2, 0) is 0 Å². The normalized spacial score (nSPS) is 9.50.